The highest BCUT2D eigenvalue weighted by atomic mass is 19.3. The van der Waals surface area contributed by atoms with Crippen LogP contribution in [0.25, 0.3) is 16.6 Å². The van der Waals surface area contributed by atoms with Gasteiger partial charge in [0, 0.05) is 36.1 Å². The van der Waals surface area contributed by atoms with Gasteiger partial charge < -0.3 is 20.5 Å². The maximum absolute atomic E-state index is 12.7. The fraction of sp³-hybridized carbons (Fsp3) is 0.381. The topological polar surface area (TPSA) is 116 Å². The summed E-state index contributed by atoms with van der Waals surface area (Å²) in [7, 11) is 1.33. The monoisotopic (exact) mass is 446 g/mol. The van der Waals surface area contributed by atoms with Gasteiger partial charge in [0.05, 0.1) is 12.6 Å². The van der Waals surface area contributed by atoms with Crippen LogP contribution in [0, 0.1) is 0 Å². The Labute approximate surface area is 182 Å². The van der Waals surface area contributed by atoms with Crippen molar-refractivity contribution in [2.24, 2.45) is 5.73 Å². The number of alkyl halides is 2. The van der Waals surface area contributed by atoms with Crippen molar-refractivity contribution in [3.05, 3.63) is 36.7 Å². The van der Waals surface area contributed by atoms with E-state index < -0.39 is 6.61 Å². The van der Waals surface area contributed by atoms with E-state index in [9.17, 15) is 13.6 Å². The van der Waals surface area contributed by atoms with E-state index in [0.29, 0.717) is 22.5 Å². The van der Waals surface area contributed by atoms with Crippen molar-refractivity contribution in [2.75, 3.05) is 12.4 Å². The Morgan fingerprint density at radius 3 is 2.72 bits per heavy atom. The second-order valence-corrected chi connectivity index (χ2v) is 7.63. The van der Waals surface area contributed by atoms with Gasteiger partial charge in [-0.1, -0.05) is 0 Å². The fourth-order valence-electron chi connectivity index (χ4n) is 3.76. The zero-order valence-electron chi connectivity index (χ0n) is 17.4. The van der Waals surface area contributed by atoms with E-state index in [1.165, 1.54) is 19.4 Å². The van der Waals surface area contributed by atoms with Gasteiger partial charge in [-0.3, -0.25) is 5.32 Å². The number of nitrogens with two attached hydrogens (primary N) is 1. The van der Waals surface area contributed by atoms with Crippen LogP contribution in [0.5, 0.6) is 11.6 Å². The number of nitrogens with zero attached hydrogens (tertiary/aromatic N) is 3. The number of halogens is 2. The molecule has 0 aromatic carbocycles. The summed E-state index contributed by atoms with van der Waals surface area (Å²) in [6, 6.07) is 6.70. The van der Waals surface area contributed by atoms with Crippen molar-refractivity contribution in [2.45, 2.75) is 44.4 Å². The Bertz CT molecular complexity index is 1100. The Morgan fingerprint density at radius 1 is 1.22 bits per heavy atom. The van der Waals surface area contributed by atoms with Crippen LogP contribution in [0.15, 0.2) is 36.7 Å². The summed E-state index contributed by atoms with van der Waals surface area (Å²) in [5.74, 6) is 0.203. The molecular weight excluding hydrogens is 422 g/mol. The lowest BCUT2D eigenvalue weighted by Gasteiger charge is -2.26. The Morgan fingerprint density at radius 2 is 2.00 bits per heavy atom. The van der Waals surface area contributed by atoms with Crippen LogP contribution in [0.1, 0.15) is 25.7 Å². The van der Waals surface area contributed by atoms with Crippen LogP contribution < -0.4 is 25.8 Å². The van der Waals surface area contributed by atoms with Crippen molar-refractivity contribution >= 4 is 17.4 Å². The molecule has 170 valence electrons. The molecule has 0 unspecified atom stereocenters. The number of carbonyl (C=O) groups is 1. The van der Waals surface area contributed by atoms with Crippen LogP contribution in [0.2, 0.25) is 0 Å². The molecule has 1 fully saturated rings. The SMILES string of the molecule is COc1ncc(-c2ccn3nc(NC(=O)NC4CCC(N)CC4)cc3c2)cc1OC(F)F. The van der Waals surface area contributed by atoms with Gasteiger partial charge in [-0.05, 0) is 49.4 Å². The Kier molecular flexibility index (Phi) is 6.35. The summed E-state index contributed by atoms with van der Waals surface area (Å²) in [5, 5.41) is 10.0. The summed E-state index contributed by atoms with van der Waals surface area (Å²) in [5.41, 5.74) is 7.88. The minimum Gasteiger partial charge on any atom is -0.478 e. The van der Waals surface area contributed by atoms with Crippen LogP contribution in [0.4, 0.5) is 19.4 Å². The number of carbonyl (C=O) groups excluding carboxylic acids is 1. The number of urea groups is 1. The molecule has 3 aromatic heterocycles. The first kappa shape index (κ1) is 21.8. The number of hydrogen-bond donors (Lipinski definition) is 3. The van der Waals surface area contributed by atoms with Crippen molar-refractivity contribution in [3.63, 3.8) is 0 Å². The number of rotatable bonds is 6. The molecule has 0 saturated heterocycles. The highest BCUT2D eigenvalue weighted by Gasteiger charge is 2.20. The molecule has 0 atom stereocenters. The number of nitrogens with one attached hydrogen (secondary N) is 2. The minimum absolute atomic E-state index is 0.0306. The molecule has 9 nitrogen and oxygen atoms in total. The quantitative estimate of drug-likeness (QED) is 0.535. The normalized spacial score (nSPS) is 18.5. The number of methoxy groups -OCH3 is 1. The predicted molar refractivity (Wildman–Crippen MR) is 114 cm³/mol. The summed E-state index contributed by atoms with van der Waals surface area (Å²) >= 11 is 0. The summed E-state index contributed by atoms with van der Waals surface area (Å²) < 4.78 is 36.5. The number of anilines is 1. The average molecular weight is 446 g/mol. The number of fused-ring (bicyclic) bond motifs is 1. The number of amides is 2. The van der Waals surface area contributed by atoms with E-state index in [-0.39, 0.29) is 29.7 Å². The maximum Gasteiger partial charge on any atom is 0.387 e. The zero-order valence-corrected chi connectivity index (χ0v) is 17.4. The van der Waals surface area contributed by atoms with Crippen molar-refractivity contribution in [1.29, 1.82) is 0 Å². The number of ether oxygens (including phenoxy) is 2. The van der Waals surface area contributed by atoms with Crippen molar-refractivity contribution in [3.8, 4) is 22.8 Å². The summed E-state index contributed by atoms with van der Waals surface area (Å²) in [4.78, 5) is 16.4. The third-order valence-electron chi connectivity index (χ3n) is 5.37. The van der Waals surface area contributed by atoms with Gasteiger partial charge in [0.25, 0.3) is 5.88 Å². The molecule has 1 saturated carbocycles. The molecule has 1 aliphatic carbocycles. The first-order valence-electron chi connectivity index (χ1n) is 10.2. The lowest BCUT2D eigenvalue weighted by Crippen LogP contribution is -2.42. The molecule has 0 bridgehead atoms. The van der Waals surface area contributed by atoms with Crippen LogP contribution in [-0.2, 0) is 0 Å². The molecule has 0 spiro atoms. The molecule has 4 rings (SSSR count). The molecule has 1 aliphatic rings. The largest absolute Gasteiger partial charge is 0.478 e. The van der Waals surface area contributed by atoms with E-state index in [1.54, 1.807) is 28.9 Å². The Hall–Kier alpha value is -3.47. The summed E-state index contributed by atoms with van der Waals surface area (Å²) in [6.07, 6.45) is 6.71. The number of hydrogen-bond acceptors (Lipinski definition) is 6. The highest BCUT2D eigenvalue weighted by molar-refractivity contribution is 5.89. The zero-order chi connectivity index (χ0) is 22.7. The van der Waals surface area contributed by atoms with E-state index in [2.05, 4.69) is 25.5 Å². The smallest absolute Gasteiger partial charge is 0.387 e. The van der Waals surface area contributed by atoms with Gasteiger partial charge >= 0.3 is 12.6 Å². The lowest BCUT2D eigenvalue weighted by molar-refractivity contribution is -0.0515. The Balaban J connectivity index is 1.49. The molecule has 0 aliphatic heterocycles. The van der Waals surface area contributed by atoms with Gasteiger partial charge in [0.15, 0.2) is 11.6 Å². The number of pyridine rings is 2. The van der Waals surface area contributed by atoms with E-state index in [1.807, 2.05) is 0 Å². The first-order valence-corrected chi connectivity index (χ1v) is 10.2. The van der Waals surface area contributed by atoms with Gasteiger partial charge in [0.2, 0.25) is 0 Å². The van der Waals surface area contributed by atoms with Crippen LogP contribution in [0.3, 0.4) is 0 Å². The van der Waals surface area contributed by atoms with Crippen molar-refractivity contribution < 1.29 is 23.0 Å². The molecule has 0 radical (unpaired) electrons. The molecular formula is C21H24F2N6O3. The van der Waals surface area contributed by atoms with Gasteiger partial charge in [-0.15, -0.1) is 5.10 Å². The summed E-state index contributed by atoms with van der Waals surface area (Å²) in [6.45, 7) is -3.00. The minimum atomic E-state index is -3.00. The third kappa shape index (κ3) is 5.05. The van der Waals surface area contributed by atoms with Gasteiger partial charge in [-0.25, -0.2) is 14.3 Å². The molecule has 4 N–H and O–H groups in total. The molecule has 2 amide bonds. The van der Waals surface area contributed by atoms with Crippen LogP contribution in [-0.4, -0.2) is 46.4 Å². The molecule has 11 heteroatoms. The number of aromatic nitrogens is 3. The standard InChI is InChI=1S/C21H24F2N6O3/c1-31-19-17(32-20(22)23)9-13(11-25-19)12-6-7-29-16(8-12)10-18(28-29)27-21(30)26-15-4-2-14(24)3-5-15/h6-11,14-15,20H,2-5,24H2,1H3,(H2,26,27,28,30). The first-order chi connectivity index (χ1) is 15.4. The lowest BCUT2D eigenvalue weighted by atomic mass is 9.92. The fourth-order valence-corrected chi connectivity index (χ4v) is 3.76. The van der Waals surface area contributed by atoms with E-state index >= 15 is 0 Å². The molecule has 3 aromatic rings. The van der Waals surface area contributed by atoms with Gasteiger partial charge in [-0.2, -0.15) is 8.78 Å². The van der Waals surface area contributed by atoms with E-state index in [0.717, 1.165) is 25.7 Å². The predicted octanol–water partition coefficient (Wildman–Crippen LogP) is 3.40. The van der Waals surface area contributed by atoms with E-state index in [4.69, 9.17) is 10.5 Å². The molecule has 32 heavy (non-hydrogen) atoms. The third-order valence-corrected chi connectivity index (χ3v) is 5.37. The second kappa shape index (κ2) is 9.35. The van der Waals surface area contributed by atoms with Crippen molar-refractivity contribution in [1.82, 2.24) is 19.9 Å². The second-order valence-electron chi connectivity index (χ2n) is 7.63. The van der Waals surface area contributed by atoms with Crippen LogP contribution >= 0.6 is 0 Å². The highest BCUT2D eigenvalue weighted by Crippen LogP contribution is 2.32. The molecule has 3 heterocycles. The average Bonchev–Trinajstić information content (AvgIpc) is 3.16. The van der Waals surface area contributed by atoms with Gasteiger partial charge in [0.1, 0.15) is 0 Å². The maximum atomic E-state index is 12.7.